The first kappa shape index (κ1) is 33.8. The van der Waals surface area contributed by atoms with Crippen molar-refractivity contribution in [2.75, 3.05) is 11.9 Å². The van der Waals surface area contributed by atoms with Crippen LogP contribution in [0.25, 0.3) is 6.08 Å². The number of para-hydroxylation sites is 1. The van der Waals surface area contributed by atoms with E-state index in [4.69, 9.17) is 16.3 Å². The van der Waals surface area contributed by atoms with Gasteiger partial charge < -0.3 is 25.4 Å². The second kappa shape index (κ2) is 15.0. The maximum atomic E-state index is 14.2. The van der Waals surface area contributed by atoms with Gasteiger partial charge >= 0.3 is 6.09 Å². The number of ether oxygens (including phenoxy) is 1. The molecule has 224 valence electrons. The highest BCUT2D eigenvalue weighted by Gasteiger charge is 2.39. The third-order valence-electron chi connectivity index (χ3n) is 6.52. The van der Waals surface area contributed by atoms with Crippen LogP contribution in [-0.2, 0) is 14.3 Å². The Bertz CT molecular complexity index is 1200. The van der Waals surface area contributed by atoms with Gasteiger partial charge in [-0.1, -0.05) is 68.4 Å². The summed E-state index contributed by atoms with van der Waals surface area (Å²) in [6, 6.07) is 9.60. The van der Waals surface area contributed by atoms with Crippen LogP contribution in [0, 0.1) is 12.8 Å². The van der Waals surface area contributed by atoms with Crippen molar-refractivity contribution in [3.05, 3.63) is 70.8 Å². The van der Waals surface area contributed by atoms with E-state index in [0.29, 0.717) is 28.6 Å². The van der Waals surface area contributed by atoms with Crippen molar-refractivity contribution >= 4 is 41.3 Å². The summed E-state index contributed by atoms with van der Waals surface area (Å²) in [6.45, 7) is 16.1. The highest BCUT2D eigenvalue weighted by atomic mass is 35.5. The summed E-state index contributed by atoms with van der Waals surface area (Å²) in [4.78, 5) is 42.4. The molecule has 0 aliphatic heterocycles. The lowest BCUT2D eigenvalue weighted by atomic mass is 9.96. The summed E-state index contributed by atoms with van der Waals surface area (Å²) in [5.74, 6) is -0.749. The number of anilines is 1. The largest absolute Gasteiger partial charge is 0.444 e. The number of nitrogens with one attached hydrogen (secondary N) is 2. The molecule has 3 N–H and O–H groups in total. The SMILES string of the molecule is C=Cc1cccc(C(C(=O)Nc2c(C)cccc2Cl)N(C(=O)C(CO)NC(=O)OC(C)(C)C)C(C)CCC(C)C)c1. The Morgan fingerprint density at radius 3 is 2.32 bits per heavy atom. The summed E-state index contributed by atoms with van der Waals surface area (Å²) in [5, 5.41) is 16.0. The molecule has 0 fully saturated rings. The van der Waals surface area contributed by atoms with Crippen molar-refractivity contribution in [3.63, 3.8) is 0 Å². The fourth-order valence-electron chi connectivity index (χ4n) is 4.40. The molecule has 3 amide bonds. The van der Waals surface area contributed by atoms with Crippen molar-refractivity contribution < 1.29 is 24.2 Å². The lowest BCUT2D eigenvalue weighted by Crippen LogP contribution is -2.56. The zero-order valence-corrected chi connectivity index (χ0v) is 25.9. The number of rotatable bonds is 12. The number of carbonyl (C=O) groups is 3. The van der Waals surface area contributed by atoms with Gasteiger partial charge in [-0.2, -0.15) is 0 Å². The number of aryl methyl sites for hydroxylation is 1. The van der Waals surface area contributed by atoms with Gasteiger partial charge in [0.25, 0.3) is 5.91 Å². The lowest BCUT2D eigenvalue weighted by Gasteiger charge is -2.38. The second-order valence-electron chi connectivity index (χ2n) is 11.6. The molecule has 2 rings (SSSR count). The molecule has 3 atom stereocenters. The van der Waals surface area contributed by atoms with Crippen LogP contribution in [0.5, 0.6) is 0 Å². The average Bonchev–Trinajstić information content (AvgIpc) is 2.89. The molecule has 0 saturated heterocycles. The molecule has 9 heteroatoms. The minimum atomic E-state index is -1.34. The number of hydrogen-bond acceptors (Lipinski definition) is 5. The van der Waals surface area contributed by atoms with E-state index in [1.165, 1.54) is 4.90 Å². The predicted octanol–water partition coefficient (Wildman–Crippen LogP) is 6.51. The minimum Gasteiger partial charge on any atom is -0.444 e. The number of halogens is 1. The van der Waals surface area contributed by atoms with Crippen LogP contribution in [0.3, 0.4) is 0 Å². The maximum Gasteiger partial charge on any atom is 0.408 e. The van der Waals surface area contributed by atoms with E-state index in [-0.39, 0.29) is 0 Å². The van der Waals surface area contributed by atoms with Crippen molar-refractivity contribution in [2.45, 2.75) is 85.0 Å². The highest BCUT2D eigenvalue weighted by Crippen LogP contribution is 2.32. The van der Waals surface area contributed by atoms with Gasteiger partial charge in [-0.05, 0) is 82.2 Å². The Labute approximate surface area is 249 Å². The molecule has 0 saturated carbocycles. The smallest absolute Gasteiger partial charge is 0.408 e. The first-order chi connectivity index (χ1) is 19.2. The molecule has 41 heavy (non-hydrogen) atoms. The Hall–Kier alpha value is -3.36. The van der Waals surface area contributed by atoms with Gasteiger partial charge in [0, 0.05) is 6.04 Å². The fraction of sp³-hybridized carbons (Fsp3) is 0.469. The molecule has 0 heterocycles. The van der Waals surface area contributed by atoms with E-state index in [0.717, 1.165) is 17.5 Å². The van der Waals surface area contributed by atoms with E-state index in [9.17, 15) is 19.5 Å². The van der Waals surface area contributed by atoms with Crippen LogP contribution >= 0.6 is 11.6 Å². The molecular weight excluding hydrogens is 542 g/mol. The molecule has 0 aliphatic rings. The van der Waals surface area contributed by atoms with E-state index >= 15 is 0 Å². The number of aliphatic hydroxyl groups is 1. The normalized spacial score (nSPS) is 13.6. The zero-order chi connectivity index (χ0) is 30.9. The van der Waals surface area contributed by atoms with Gasteiger partial charge in [0.2, 0.25) is 5.91 Å². The topological polar surface area (TPSA) is 108 Å². The molecule has 0 aromatic heterocycles. The number of aliphatic hydroxyl groups excluding tert-OH is 1. The van der Waals surface area contributed by atoms with Crippen molar-refractivity contribution in [2.24, 2.45) is 5.92 Å². The number of alkyl carbamates (subject to hydrolysis) is 1. The van der Waals surface area contributed by atoms with E-state index in [1.54, 1.807) is 57.2 Å². The number of nitrogens with zero attached hydrogens (tertiary/aromatic N) is 1. The van der Waals surface area contributed by atoms with Crippen LogP contribution in [0.1, 0.15) is 77.1 Å². The standard InChI is InChI=1S/C32H44ClN3O5/c1-9-23-13-11-14-24(18-23)28(29(38)35-27-21(4)12-10-15-25(27)33)36(22(5)17-16-20(2)3)30(39)26(19-37)34-31(40)41-32(6,7)8/h9-15,18,20,22,26,28,37H,1,16-17,19H2,2-8H3,(H,34,40)(H,35,38). The monoisotopic (exact) mass is 585 g/mol. The molecule has 3 unspecified atom stereocenters. The first-order valence-corrected chi connectivity index (χ1v) is 14.3. The van der Waals surface area contributed by atoms with Crippen molar-refractivity contribution in [1.82, 2.24) is 10.2 Å². The first-order valence-electron chi connectivity index (χ1n) is 13.9. The fourth-order valence-corrected chi connectivity index (χ4v) is 4.67. The molecule has 8 nitrogen and oxygen atoms in total. The maximum absolute atomic E-state index is 14.2. The summed E-state index contributed by atoms with van der Waals surface area (Å²) in [7, 11) is 0. The van der Waals surface area contributed by atoms with Crippen LogP contribution in [0.15, 0.2) is 49.0 Å². The molecule has 2 aromatic carbocycles. The summed E-state index contributed by atoms with van der Waals surface area (Å²) in [5.41, 5.74) is 1.70. The molecule has 0 radical (unpaired) electrons. The summed E-state index contributed by atoms with van der Waals surface area (Å²) < 4.78 is 5.33. The lowest BCUT2D eigenvalue weighted by molar-refractivity contribution is -0.144. The third kappa shape index (κ3) is 9.90. The molecule has 0 spiro atoms. The second-order valence-corrected chi connectivity index (χ2v) is 12.1. The van der Waals surface area contributed by atoms with E-state index < -0.39 is 48.2 Å². The van der Waals surface area contributed by atoms with Crippen LogP contribution in [0.4, 0.5) is 10.5 Å². The highest BCUT2D eigenvalue weighted by molar-refractivity contribution is 6.34. The number of benzene rings is 2. The van der Waals surface area contributed by atoms with Crippen LogP contribution in [-0.4, -0.2) is 52.2 Å². The molecular formula is C32H44ClN3O5. The third-order valence-corrected chi connectivity index (χ3v) is 6.84. The quantitative estimate of drug-likeness (QED) is 0.263. The zero-order valence-electron chi connectivity index (χ0n) is 25.2. The minimum absolute atomic E-state index is 0.352. The molecule has 0 bridgehead atoms. The van der Waals surface area contributed by atoms with Crippen LogP contribution in [0.2, 0.25) is 5.02 Å². The number of hydrogen-bond donors (Lipinski definition) is 3. The van der Waals surface area contributed by atoms with E-state index in [2.05, 4.69) is 31.1 Å². The average molecular weight is 586 g/mol. The van der Waals surface area contributed by atoms with Gasteiger partial charge in [0.1, 0.15) is 17.7 Å². The summed E-state index contributed by atoms with van der Waals surface area (Å²) in [6.07, 6.45) is 2.19. The molecule has 2 aromatic rings. The summed E-state index contributed by atoms with van der Waals surface area (Å²) >= 11 is 6.44. The predicted molar refractivity (Wildman–Crippen MR) is 165 cm³/mol. The number of carbonyl (C=O) groups excluding carboxylic acids is 3. The number of amides is 3. The van der Waals surface area contributed by atoms with Gasteiger partial charge in [0.05, 0.1) is 17.3 Å². The van der Waals surface area contributed by atoms with Gasteiger partial charge in [-0.25, -0.2) is 4.79 Å². The Balaban J connectivity index is 2.65. The molecule has 0 aliphatic carbocycles. The van der Waals surface area contributed by atoms with E-state index in [1.807, 2.05) is 26.0 Å². The van der Waals surface area contributed by atoms with Crippen molar-refractivity contribution in [3.8, 4) is 0 Å². The Morgan fingerprint density at radius 2 is 1.76 bits per heavy atom. The van der Waals surface area contributed by atoms with Crippen molar-refractivity contribution in [1.29, 1.82) is 0 Å². The van der Waals surface area contributed by atoms with Gasteiger partial charge in [-0.3, -0.25) is 9.59 Å². The van der Waals surface area contributed by atoms with Gasteiger partial charge in [0.15, 0.2) is 0 Å². The Morgan fingerprint density at radius 1 is 1.10 bits per heavy atom. The van der Waals surface area contributed by atoms with Gasteiger partial charge in [-0.15, -0.1) is 0 Å². The Kier molecular flexibility index (Phi) is 12.4. The van der Waals surface area contributed by atoms with Crippen LogP contribution < -0.4 is 10.6 Å².